The Labute approximate surface area is 98.8 Å². The van der Waals surface area contributed by atoms with Crippen molar-refractivity contribution in [1.29, 1.82) is 0 Å². The predicted octanol–water partition coefficient (Wildman–Crippen LogP) is 2.60. The van der Waals surface area contributed by atoms with Gasteiger partial charge in [-0.25, -0.2) is 4.79 Å². The first-order valence-corrected chi connectivity index (χ1v) is 8.17. The van der Waals surface area contributed by atoms with E-state index < -0.39 is 8.56 Å². The minimum atomic E-state index is -1.72. The van der Waals surface area contributed by atoms with Gasteiger partial charge < -0.3 is 13.6 Å². The van der Waals surface area contributed by atoms with Crippen LogP contribution in [0.15, 0.2) is 11.8 Å². The Morgan fingerprint density at radius 3 is 1.81 bits per heavy atom. The van der Waals surface area contributed by atoms with Crippen LogP contribution in [0.3, 0.4) is 0 Å². The van der Waals surface area contributed by atoms with Gasteiger partial charge in [-0.15, -0.1) is 0 Å². The van der Waals surface area contributed by atoms with Crippen molar-refractivity contribution in [2.45, 2.75) is 40.3 Å². The monoisotopic (exact) mass is 246 g/mol. The van der Waals surface area contributed by atoms with Crippen molar-refractivity contribution in [3.63, 3.8) is 0 Å². The second-order valence-corrected chi connectivity index (χ2v) is 7.11. The van der Waals surface area contributed by atoms with Crippen LogP contribution in [0.25, 0.3) is 0 Å². The molecule has 0 saturated heterocycles. The van der Waals surface area contributed by atoms with E-state index in [4.69, 9.17) is 8.85 Å². The quantitative estimate of drug-likeness (QED) is 0.552. The molecule has 5 heteroatoms. The van der Waals surface area contributed by atoms with E-state index in [0.717, 1.165) is 19.3 Å². The summed E-state index contributed by atoms with van der Waals surface area (Å²) in [4.78, 5) is 9.94. The molecule has 0 aromatic rings. The van der Waals surface area contributed by atoms with Gasteiger partial charge in [-0.05, 0) is 33.4 Å². The van der Waals surface area contributed by atoms with Crippen LogP contribution >= 0.6 is 0 Å². The Morgan fingerprint density at radius 2 is 1.69 bits per heavy atom. The van der Waals surface area contributed by atoms with E-state index in [1.165, 1.54) is 6.26 Å². The Balaban J connectivity index is 0.000000315. The number of hydrogen-bond donors (Lipinski definition) is 0. The summed E-state index contributed by atoms with van der Waals surface area (Å²) in [5, 5.41) is 0. The van der Waals surface area contributed by atoms with E-state index in [1.807, 2.05) is 13.8 Å². The molecule has 0 amide bonds. The fourth-order valence-corrected chi connectivity index (χ4v) is 2.79. The SMILES string of the molecule is CC1=COC1=O.CCO[Si](C)(CC)OCC. The minimum Gasteiger partial charge on any atom is -0.430 e. The highest BCUT2D eigenvalue weighted by Crippen LogP contribution is 2.11. The molecule has 94 valence electrons. The van der Waals surface area contributed by atoms with Gasteiger partial charge in [0.25, 0.3) is 0 Å². The first-order chi connectivity index (χ1) is 7.49. The van der Waals surface area contributed by atoms with Gasteiger partial charge in [-0.3, -0.25) is 0 Å². The molecule has 0 atom stereocenters. The van der Waals surface area contributed by atoms with Crippen LogP contribution in [0, 0.1) is 0 Å². The topological polar surface area (TPSA) is 44.8 Å². The first kappa shape index (κ1) is 15.3. The van der Waals surface area contributed by atoms with Crippen molar-refractivity contribution in [2.24, 2.45) is 0 Å². The molecule has 4 nitrogen and oxygen atoms in total. The Kier molecular flexibility index (Phi) is 7.28. The Morgan fingerprint density at radius 1 is 1.25 bits per heavy atom. The van der Waals surface area contributed by atoms with Gasteiger partial charge in [-0.1, -0.05) is 6.92 Å². The van der Waals surface area contributed by atoms with Crippen LogP contribution < -0.4 is 0 Å². The second-order valence-electron chi connectivity index (χ2n) is 3.56. The number of rotatable bonds is 5. The molecule has 1 rings (SSSR count). The van der Waals surface area contributed by atoms with Crippen molar-refractivity contribution in [3.8, 4) is 0 Å². The van der Waals surface area contributed by atoms with Crippen molar-refractivity contribution >= 4 is 14.5 Å². The lowest BCUT2D eigenvalue weighted by molar-refractivity contribution is -0.138. The first-order valence-electron chi connectivity index (χ1n) is 5.64. The third-order valence-electron chi connectivity index (χ3n) is 2.21. The number of cyclic esters (lactones) is 1. The molecule has 0 aliphatic carbocycles. The smallest absolute Gasteiger partial charge is 0.341 e. The maximum absolute atomic E-state index is 9.94. The summed E-state index contributed by atoms with van der Waals surface area (Å²) in [6.45, 7) is 11.5. The van der Waals surface area contributed by atoms with Crippen LogP contribution in [0.5, 0.6) is 0 Å². The third-order valence-corrected chi connectivity index (χ3v) is 5.29. The van der Waals surface area contributed by atoms with E-state index in [2.05, 4.69) is 18.2 Å². The summed E-state index contributed by atoms with van der Waals surface area (Å²) in [6, 6.07) is 1.04. The van der Waals surface area contributed by atoms with Crippen molar-refractivity contribution in [3.05, 3.63) is 11.8 Å². The molecular formula is C11H22O4Si. The Hall–Kier alpha value is -0.653. The zero-order valence-electron chi connectivity index (χ0n) is 10.8. The fourth-order valence-electron chi connectivity index (χ4n) is 1.08. The number of esters is 1. The van der Waals surface area contributed by atoms with E-state index in [0.29, 0.717) is 5.57 Å². The van der Waals surface area contributed by atoms with E-state index >= 15 is 0 Å². The summed E-state index contributed by atoms with van der Waals surface area (Å²) in [5.74, 6) is -0.199. The maximum atomic E-state index is 9.94. The molecule has 0 aromatic heterocycles. The molecule has 1 aliphatic heterocycles. The van der Waals surface area contributed by atoms with Crippen LogP contribution in [-0.4, -0.2) is 27.7 Å². The molecule has 0 fully saturated rings. The second kappa shape index (κ2) is 7.59. The van der Waals surface area contributed by atoms with Gasteiger partial charge >= 0.3 is 14.5 Å². The molecular weight excluding hydrogens is 224 g/mol. The normalized spacial score (nSPS) is 14.3. The van der Waals surface area contributed by atoms with Gasteiger partial charge in [0.1, 0.15) is 6.26 Å². The molecule has 0 saturated carbocycles. The lowest BCUT2D eigenvalue weighted by Gasteiger charge is -2.23. The predicted molar refractivity (Wildman–Crippen MR) is 65.2 cm³/mol. The van der Waals surface area contributed by atoms with Crippen LogP contribution in [-0.2, 0) is 18.4 Å². The average Bonchev–Trinajstić information content (AvgIpc) is 2.28. The molecule has 1 aliphatic rings. The lowest BCUT2D eigenvalue weighted by Crippen LogP contribution is -2.37. The van der Waals surface area contributed by atoms with Crippen LogP contribution in [0.2, 0.25) is 12.6 Å². The summed E-state index contributed by atoms with van der Waals surface area (Å²) < 4.78 is 15.3. The van der Waals surface area contributed by atoms with E-state index in [9.17, 15) is 4.79 Å². The Bertz CT molecular complexity index is 244. The van der Waals surface area contributed by atoms with Crippen molar-refractivity contribution < 1.29 is 18.4 Å². The van der Waals surface area contributed by atoms with Crippen LogP contribution in [0.4, 0.5) is 0 Å². The molecule has 0 N–H and O–H groups in total. The lowest BCUT2D eigenvalue weighted by atomic mass is 10.3. The van der Waals surface area contributed by atoms with Crippen molar-refractivity contribution in [2.75, 3.05) is 13.2 Å². The van der Waals surface area contributed by atoms with E-state index in [1.54, 1.807) is 6.92 Å². The highest BCUT2D eigenvalue weighted by Gasteiger charge is 2.27. The average molecular weight is 246 g/mol. The zero-order chi connectivity index (χ0) is 12.6. The number of carbonyl (C=O) groups is 1. The standard InChI is InChI=1S/C7H18O2Si.C4H4O2/c1-5-8-10(4,7-3)9-6-2;1-3-2-6-4(3)5/h5-7H2,1-4H3;2H,1H3. The highest BCUT2D eigenvalue weighted by atomic mass is 28.4. The van der Waals surface area contributed by atoms with Gasteiger partial charge in [0.05, 0.1) is 5.57 Å². The molecule has 16 heavy (non-hydrogen) atoms. The van der Waals surface area contributed by atoms with Crippen LogP contribution in [0.1, 0.15) is 27.7 Å². The van der Waals surface area contributed by atoms with Gasteiger partial charge in [0, 0.05) is 13.2 Å². The minimum absolute atomic E-state index is 0.199. The number of hydrogen-bond acceptors (Lipinski definition) is 4. The molecule has 0 bridgehead atoms. The summed E-state index contributed by atoms with van der Waals surface area (Å²) >= 11 is 0. The molecule has 0 spiro atoms. The maximum Gasteiger partial charge on any atom is 0.341 e. The molecule has 1 heterocycles. The van der Waals surface area contributed by atoms with Gasteiger partial charge in [0.2, 0.25) is 0 Å². The van der Waals surface area contributed by atoms with Crippen molar-refractivity contribution in [1.82, 2.24) is 0 Å². The van der Waals surface area contributed by atoms with Gasteiger partial charge in [-0.2, -0.15) is 0 Å². The number of ether oxygens (including phenoxy) is 1. The molecule has 0 unspecified atom stereocenters. The zero-order valence-corrected chi connectivity index (χ0v) is 11.8. The fraction of sp³-hybridized carbons (Fsp3) is 0.727. The largest absolute Gasteiger partial charge is 0.430 e. The summed E-state index contributed by atoms with van der Waals surface area (Å²) in [5.41, 5.74) is 0.704. The third kappa shape index (κ3) is 5.44. The van der Waals surface area contributed by atoms with Gasteiger partial charge in [0.15, 0.2) is 0 Å². The summed E-state index contributed by atoms with van der Waals surface area (Å²) in [6.07, 6.45) is 1.43. The summed E-state index contributed by atoms with van der Waals surface area (Å²) in [7, 11) is -1.72. The van der Waals surface area contributed by atoms with E-state index in [-0.39, 0.29) is 5.97 Å². The molecule has 0 aromatic carbocycles. The number of carbonyl (C=O) groups excluding carboxylic acids is 1. The molecule has 0 radical (unpaired) electrons. The highest BCUT2D eigenvalue weighted by molar-refractivity contribution is 6.65.